The SMILES string of the molecule is Cc1ccc(C(=O)N/N=C/c2ccc(Cl)c([N+](=O)[O-])c2)cc1. The normalized spacial score (nSPS) is 10.6. The van der Waals surface area contributed by atoms with Crippen LogP contribution >= 0.6 is 11.6 Å². The van der Waals surface area contributed by atoms with Crippen molar-refractivity contribution in [1.29, 1.82) is 0 Å². The molecule has 2 aromatic rings. The van der Waals surface area contributed by atoms with Gasteiger partial charge >= 0.3 is 0 Å². The Labute approximate surface area is 131 Å². The molecular weight excluding hydrogens is 306 g/mol. The van der Waals surface area contributed by atoms with Gasteiger partial charge in [-0.05, 0) is 25.1 Å². The van der Waals surface area contributed by atoms with Crippen molar-refractivity contribution in [1.82, 2.24) is 5.43 Å². The molecule has 0 spiro atoms. The third kappa shape index (κ3) is 3.89. The number of nitrogens with one attached hydrogen (secondary N) is 1. The van der Waals surface area contributed by atoms with Crippen LogP contribution in [0.2, 0.25) is 5.02 Å². The third-order valence-electron chi connectivity index (χ3n) is 2.86. The number of nitro groups is 1. The molecule has 0 saturated carbocycles. The predicted molar refractivity (Wildman–Crippen MR) is 84.3 cm³/mol. The largest absolute Gasteiger partial charge is 0.288 e. The van der Waals surface area contributed by atoms with Gasteiger partial charge in [0.1, 0.15) is 5.02 Å². The number of hydrogen-bond acceptors (Lipinski definition) is 4. The Morgan fingerprint density at radius 2 is 1.95 bits per heavy atom. The van der Waals surface area contributed by atoms with Gasteiger partial charge in [0.15, 0.2) is 0 Å². The molecular formula is C15H12ClN3O3. The van der Waals surface area contributed by atoms with Crippen molar-refractivity contribution in [3.05, 3.63) is 74.3 Å². The lowest BCUT2D eigenvalue weighted by molar-refractivity contribution is -0.384. The van der Waals surface area contributed by atoms with E-state index in [0.29, 0.717) is 11.1 Å². The number of halogens is 1. The number of rotatable bonds is 4. The molecule has 0 unspecified atom stereocenters. The second-order valence-electron chi connectivity index (χ2n) is 4.53. The minimum atomic E-state index is -0.579. The van der Waals surface area contributed by atoms with Crippen LogP contribution in [0.1, 0.15) is 21.5 Å². The summed E-state index contributed by atoms with van der Waals surface area (Å²) in [6.07, 6.45) is 1.31. The van der Waals surface area contributed by atoms with Crippen LogP contribution in [-0.4, -0.2) is 17.0 Å². The third-order valence-corrected chi connectivity index (χ3v) is 3.18. The van der Waals surface area contributed by atoms with Gasteiger partial charge in [0.2, 0.25) is 0 Å². The quantitative estimate of drug-likeness (QED) is 0.533. The number of carbonyl (C=O) groups excluding carboxylic acids is 1. The fourth-order valence-electron chi connectivity index (χ4n) is 1.68. The number of nitrogens with zero attached hydrogens (tertiary/aromatic N) is 2. The Morgan fingerprint density at radius 1 is 1.27 bits per heavy atom. The fourth-order valence-corrected chi connectivity index (χ4v) is 1.87. The maximum Gasteiger partial charge on any atom is 0.288 e. The van der Waals surface area contributed by atoms with Gasteiger partial charge in [-0.2, -0.15) is 5.10 Å². The highest BCUT2D eigenvalue weighted by Gasteiger charge is 2.11. The second kappa shape index (κ2) is 6.82. The van der Waals surface area contributed by atoms with E-state index in [-0.39, 0.29) is 16.6 Å². The smallest absolute Gasteiger partial charge is 0.267 e. The summed E-state index contributed by atoms with van der Waals surface area (Å²) in [4.78, 5) is 22.0. The molecule has 6 nitrogen and oxygen atoms in total. The summed E-state index contributed by atoms with van der Waals surface area (Å²) in [6, 6.07) is 11.3. The first kappa shape index (κ1) is 15.7. The Kier molecular flexibility index (Phi) is 4.85. The van der Waals surface area contributed by atoms with Crippen LogP contribution in [0.4, 0.5) is 5.69 Å². The molecule has 112 valence electrons. The molecule has 0 aliphatic rings. The average molecular weight is 318 g/mol. The molecule has 0 aliphatic heterocycles. The van der Waals surface area contributed by atoms with Gasteiger partial charge in [0.25, 0.3) is 11.6 Å². The van der Waals surface area contributed by atoms with Crippen LogP contribution in [0.3, 0.4) is 0 Å². The minimum absolute atomic E-state index is 0.0471. The Balaban J connectivity index is 2.06. The Bertz CT molecular complexity index is 742. The molecule has 0 heterocycles. The van der Waals surface area contributed by atoms with E-state index >= 15 is 0 Å². The van der Waals surface area contributed by atoms with Crippen molar-refractivity contribution >= 4 is 29.4 Å². The standard InChI is InChI=1S/C15H12ClN3O3/c1-10-2-5-12(6-3-10)15(20)18-17-9-11-4-7-13(16)14(8-11)19(21)22/h2-9H,1H3,(H,18,20)/b17-9+. The van der Waals surface area contributed by atoms with Gasteiger partial charge in [0.05, 0.1) is 11.1 Å². The van der Waals surface area contributed by atoms with Crippen molar-refractivity contribution in [3.63, 3.8) is 0 Å². The number of hydrogen-bond donors (Lipinski definition) is 1. The summed E-state index contributed by atoms with van der Waals surface area (Å²) in [5.74, 6) is -0.361. The van der Waals surface area contributed by atoms with Gasteiger partial charge in [-0.1, -0.05) is 35.4 Å². The zero-order valence-corrected chi connectivity index (χ0v) is 12.4. The molecule has 2 rings (SSSR count). The molecule has 0 aliphatic carbocycles. The van der Waals surface area contributed by atoms with Crippen LogP contribution in [0.15, 0.2) is 47.6 Å². The summed E-state index contributed by atoms with van der Waals surface area (Å²) in [5, 5.41) is 14.6. The number of benzene rings is 2. The molecule has 1 N–H and O–H groups in total. The van der Waals surface area contributed by atoms with E-state index in [9.17, 15) is 14.9 Å². The van der Waals surface area contributed by atoms with Gasteiger partial charge in [-0.3, -0.25) is 14.9 Å². The second-order valence-corrected chi connectivity index (χ2v) is 4.94. The fraction of sp³-hybridized carbons (Fsp3) is 0.0667. The highest BCUT2D eigenvalue weighted by molar-refractivity contribution is 6.32. The number of amides is 1. The highest BCUT2D eigenvalue weighted by atomic mass is 35.5. The van der Waals surface area contributed by atoms with Crippen molar-refractivity contribution in [3.8, 4) is 0 Å². The lowest BCUT2D eigenvalue weighted by Crippen LogP contribution is -2.17. The van der Waals surface area contributed by atoms with E-state index in [2.05, 4.69) is 10.5 Å². The molecule has 0 bridgehead atoms. The lowest BCUT2D eigenvalue weighted by Gasteiger charge is -2.00. The highest BCUT2D eigenvalue weighted by Crippen LogP contribution is 2.24. The van der Waals surface area contributed by atoms with Crippen LogP contribution in [0.5, 0.6) is 0 Å². The van der Waals surface area contributed by atoms with E-state index in [1.165, 1.54) is 18.3 Å². The molecule has 0 saturated heterocycles. The monoisotopic (exact) mass is 317 g/mol. The molecule has 0 atom stereocenters. The van der Waals surface area contributed by atoms with E-state index in [4.69, 9.17) is 11.6 Å². The summed E-state index contributed by atoms with van der Waals surface area (Å²) in [5.41, 5.74) is 4.13. The molecule has 0 fully saturated rings. The topological polar surface area (TPSA) is 84.6 Å². The molecule has 0 aromatic heterocycles. The zero-order chi connectivity index (χ0) is 16.1. The summed E-state index contributed by atoms with van der Waals surface area (Å²) >= 11 is 5.71. The van der Waals surface area contributed by atoms with Crippen molar-refractivity contribution in [2.24, 2.45) is 5.10 Å². The van der Waals surface area contributed by atoms with E-state index in [0.717, 1.165) is 5.56 Å². The molecule has 0 radical (unpaired) electrons. The van der Waals surface area contributed by atoms with Crippen LogP contribution in [-0.2, 0) is 0 Å². The van der Waals surface area contributed by atoms with Crippen molar-refractivity contribution in [2.75, 3.05) is 0 Å². The summed E-state index contributed by atoms with van der Waals surface area (Å²) in [6.45, 7) is 1.92. The molecule has 7 heteroatoms. The molecule has 1 amide bonds. The zero-order valence-electron chi connectivity index (χ0n) is 11.6. The maximum atomic E-state index is 11.8. The van der Waals surface area contributed by atoms with E-state index in [1.54, 1.807) is 18.2 Å². The number of hydrazone groups is 1. The first-order valence-electron chi connectivity index (χ1n) is 6.31. The Morgan fingerprint density at radius 3 is 2.59 bits per heavy atom. The minimum Gasteiger partial charge on any atom is -0.267 e. The summed E-state index contributed by atoms with van der Waals surface area (Å²) < 4.78 is 0. The molecule has 22 heavy (non-hydrogen) atoms. The van der Waals surface area contributed by atoms with Crippen molar-refractivity contribution < 1.29 is 9.72 Å². The van der Waals surface area contributed by atoms with Gasteiger partial charge < -0.3 is 0 Å². The van der Waals surface area contributed by atoms with E-state index in [1.807, 2.05) is 19.1 Å². The van der Waals surface area contributed by atoms with Gasteiger partial charge in [0, 0.05) is 17.2 Å². The van der Waals surface area contributed by atoms with E-state index < -0.39 is 4.92 Å². The van der Waals surface area contributed by atoms with Crippen LogP contribution in [0, 0.1) is 17.0 Å². The lowest BCUT2D eigenvalue weighted by atomic mass is 10.1. The van der Waals surface area contributed by atoms with Crippen LogP contribution < -0.4 is 5.43 Å². The van der Waals surface area contributed by atoms with Gasteiger partial charge in [-0.15, -0.1) is 0 Å². The van der Waals surface area contributed by atoms with Crippen molar-refractivity contribution in [2.45, 2.75) is 6.92 Å². The molecule has 2 aromatic carbocycles. The maximum absolute atomic E-state index is 11.8. The first-order chi connectivity index (χ1) is 10.5. The van der Waals surface area contributed by atoms with Gasteiger partial charge in [-0.25, -0.2) is 5.43 Å². The average Bonchev–Trinajstić information content (AvgIpc) is 2.49. The number of nitro benzene ring substituents is 1. The predicted octanol–water partition coefficient (Wildman–Crippen LogP) is 3.32. The summed E-state index contributed by atoms with van der Waals surface area (Å²) in [7, 11) is 0. The van der Waals surface area contributed by atoms with Crippen LogP contribution in [0.25, 0.3) is 0 Å². The number of carbonyl (C=O) groups is 1. The first-order valence-corrected chi connectivity index (χ1v) is 6.69. The Hall–Kier alpha value is -2.73. The number of aryl methyl sites for hydroxylation is 1.